The molecule has 0 unspecified atom stereocenters. The van der Waals surface area contributed by atoms with E-state index in [0.29, 0.717) is 18.5 Å². The van der Waals surface area contributed by atoms with Gasteiger partial charge in [-0.25, -0.2) is 9.59 Å². The van der Waals surface area contributed by atoms with E-state index in [0.717, 1.165) is 11.1 Å². The minimum absolute atomic E-state index is 0.183. The smallest absolute Gasteiger partial charge is 0.407 e. The van der Waals surface area contributed by atoms with Crippen LogP contribution < -0.4 is 16.6 Å². The van der Waals surface area contributed by atoms with E-state index in [4.69, 9.17) is 4.74 Å². The van der Waals surface area contributed by atoms with E-state index in [2.05, 4.69) is 5.32 Å². The van der Waals surface area contributed by atoms with Gasteiger partial charge in [0.15, 0.2) is 0 Å². The van der Waals surface area contributed by atoms with Crippen molar-refractivity contribution in [1.82, 2.24) is 14.5 Å². The fourth-order valence-corrected chi connectivity index (χ4v) is 3.30. The Bertz CT molecular complexity index is 1160. The fraction of sp³-hybridized carbons (Fsp3) is 0.320. The Morgan fingerprint density at radius 2 is 1.59 bits per heavy atom. The highest BCUT2D eigenvalue weighted by Gasteiger charge is 2.16. The van der Waals surface area contributed by atoms with Crippen molar-refractivity contribution in [2.24, 2.45) is 0 Å². The molecule has 1 N–H and O–H groups in total. The summed E-state index contributed by atoms with van der Waals surface area (Å²) in [5, 5.41) is 2.66. The van der Waals surface area contributed by atoms with Gasteiger partial charge in [0.25, 0.3) is 5.56 Å². The first-order valence-electron chi connectivity index (χ1n) is 10.6. The zero-order valence-corrected chi connectivity index (χ0v) is 18.7. The molecule has 0 aliphatic rings. The number of nitrogens with zero attached hydrogens (tertiary/aromatic N) is 2. The van der Waals surface area contributed by atoms with Crippen molar-refractivity contribution < 1.29 is 9.53 Å². The molecule has 0 bridgehead atoms. The number of benzene rings is 2. The number of aromatic nitrogens is 2. The van der Waals surface area contributed by atoms with Gasteiger partial charge in [0.1, 0.15) is 5.60 Å². The van der Waals surface area contributed by atoms with E-state index in [1.165, 1.54) is 4.57 Å². The molecular weight excluding hydrogens is 406 g/mol. The van der Waals surface area contributed by atoms with Crippen LogP contribution in [0, 0.1) is 0 Å². The van der Waals surface area contributed by atoms with Crippen LogP contribution in [-0.2, 0) is 17.8 Å². The quantitative estimate of drug-likeness (QED) is 0.575. The number of ether oxygens (including phenoxy) is 1. The van der Waals surface area contributed by atoms with Crippen LogP contribution in [0.1, 0.15) is 32.8 Å². The zero-order valence-electron chi connectivity index (χ0n) is 18.7. The first kappa shape index (κ1) is 23.1. The molecule has 0 saturated carbocycles. The third-order valence-electron chi connectivity index (χ3n) is 4.74. The highest BCUT2D eigenvalue weighted by Crippen LogP contribution is 2.14. The molecule has 7 nitrogen and oxygen atoms in total. The van der Waals surface area contributed by atoms with Gasteiger partial charge in [0, 0.05) is 19.3 Å². The predicted molar refractivity (Wildman–Crippen MR) is 125 cm³/mol. The summed E-state index contributed by atoms with van der Waals surface area (Å²) in [5.74, 6) is 0. The lowest BCUT2D eigenvalue weighted by molar-refractivity contribution is 0.0526. The summed E-state index contributed by atoms with van der Waals surface area (Å²) < 4.78 is 8.01. The Labute approximate surface area is 187 Å². The molecule has 0 saturated heterocycles. The SMILES string of the molecule is CC(C)(C)OC(=O)NCCCn1c(=O)c(-c2ccccc2)cn(Cc2ccccc2)c1=O. The molecule has 2 aromatic carbocycles. The summed E-state index contributed by atoms with van der Waals surface area (Å²) in [5.41, 5.74) is 0.862. The minimum Gasteiger partial charge on any atom is -0.444 e. The van der Waals surface area contributed by atoms with Crippen LogP contribution in [0.2, 0.25) is 0 Å². The summed E-state index contributed by atoms with van der Waals surface area (Å²) in [6, 6.07) is 18.9. The number of rotatable bonds is 7. The summed E-state index contributed by atoms with van der Waals surface area (Å²) in [6.45, 7) is 6.19. The first-order chi connectivity index (χ1) is 15.2. The average Bonchev–Trinajstić information content (AvgIpc) is 2.75. The van der Waals surface area contributed by atoms with E-state index in [1.807, 2.05) is 60.7 Å². The van der Waals surface area contributed by atoms with Gasteiger partial charge in [-0.1, -0.05) is 60.7 Å². The van der Waals surface area contributed by atoms with Crippen LogP contribution in [0.25, 0.3) is 11.1 Å². The Morgan fingerprint density at radius 1 is 0.969 bits per heavy atom. The van der Waals surface area contributed by atoms with Crippen LogP contribution in [0.5, 0.6) is 0 Å². The molecule has 1 amide bonds. The lowest BCUT2D eigenvalue weighted by Crippen LogP contribution is -2.41. The van der Waals surface area contributed by atoms with E-state index >= 15 is 0 Å². The summed E-state index contributed by atoms with van der Waals surface area (Å²) in [6.07, 6.45) is 1.52. The molecule has 1 heterocycles. The molecule has 0 aliphatic carbocycles. The topological polar surface area (TPSA) is 82.3 Å². The second-order valence-electron chi connectivity index (χ2n) is 8.54. The van der Waals surface area contributed by atoms with Crippen molar-refractivity contribution in [2.45, 2.75) is 45.9 Å². The minimum atomic E-state index is -0.587. The maximum absolute atomic E-state index is 13.1. The van der Waals surface area contributed by atoms with Crippen LogP contribution in [-0.4, -0.2) is 27.4 Å². The molecule has 0 radical (unpaired) electrons. The van der Waals surface area contributed by atoms with E-state index in [1.54, 1.807) is 31.5 Å². The highest BCUT2D eigenvalue weighted by molar-refractivity contribution is 5.67. The maximum atomic E-state index is 13.1. The maximum Gasteiger partial charge on any atom is 0.407 e. The summed E-state index contributed by atoms with van der Waals surface area (Å²) in [4.78, 5) is 38.1. The second kappa shape index (κ2) is 10.1. The average molecular weight is 436 g/mol. The number of amides is 1. The number of hydrogen-bond donors (Lipinski definition) is 1. The largest absolute Gasteiger partial charge is 0.444 e. The van der Waals surface area contributed by atoms with Crippen molar-refractivity contribution in [3.05, 3.63) is 93.3 Å². The van der Waals surface area contributed by atoms with E-state index < -0.39 is 11.7 Å². The molecular formula is C25H29N3O4. The molecule has 1 aromatic heterocycles. The Morgan fingerprint density at radius 3 is 2.22 bits per heavy atom. The van der Waals surface area contributed by atoms with Gasteiger partial charge in [-0.3, -0.25) is 13.9 Å². The lowest BCUT2D eigenvalue weighted by atomic mass is 10.1. The highest BCUT2D eigenvalue weighted by atomic mass is 16.6. The molecule has 168 valence electrons. The molecule has 0 spiro atoms. The van der Waals surface area contributed by atoms with Crippen molar-refractivity contribution in [3.8, 4) is 11.1 Å². The normalized spacial score (nSPS) is 11.2. The number of hydrogen-bond acceptors (Lipinski definition) is 4. The van der Waals surface area contributed by atoms with Gasteiger partial charge in [0.2, 0.25) is 0 Å². The van der Waals surface area contributed by atoms with Gasteiger partial charge < -0.3 is 10.1 Å². The number of alkyl carbamates (subject to hydrolysis) is 1. The van der Waals surface area contributed by atoms with Gasteiger partial charge in [0.05, 0.1) is 12.1 Å². The van der Waals surface area contributed by atoms with Crippen LogP contribution in [0.15, 0.2) is 76.4 Å². The van der Waals surface area contributed by atoms with Crippen LogP contribution >= 0.6 is 0 Å². The number of carbonyl (C=O) groups is 1. The second-order valence-corrected chi connectivity index (χ2v) is 8.54. The third kappa shape index (κ3) is 6.20. The van der Waals surface area contributed by atoms with E-state index in [9.17, 15) is 14.4 Å². The van der Waals surface area contributed by atoms with Gasteiger partial charge in [-0.05, 0) is 38.3 Å². The monoisotopic (exact) mass is 435 g/mol. The molecule has 0 aliphatic heterocycles. The molecule has 3 rings (SSSR count). The molecule has 7 heteroatoms. The molecule has 0 atom stereocenters. The molecule has 32 heavy (non-hydrogen) atoms. The Kier molecular flexibility index (Phi) is 7.30. The van der Waals surface area contributed by atoms with Crippen molar-refractivity contribution in [1.29, 1.82) is 0 Å². The van der Waals surface area contributed by atoms with Gasteiger partial charge >= 0.3 is 11.8 Å². The predicted octanol–water partition coefficient (Wildman–Crippen LogP) is 3.64. The molecule has 3 aromatic rings. The summed E-state index contributed by atoms with van der Waals surface area (Å²) >= 11 is 0. The van der Waals surface area contributed by atoms with E-state index in [-0.39, 0.29) is 24.3 Å². The summed E-state index contributed by atoms with van der Waals surface area (Å²) in [7, 11) is 0. The zero-order chi connectivity index (χ0) is 23.1. The standard InChI is InChI=1S/C25H29N3O4/c1-25(2,3)32-23(30)26-15-10-16-28-22(29)21(20-13-8-5-9-14-20)18-27(24(28)31)17-19-11-6-4-7-12-19/h4-9,11-14,18H,10,15-17H2,1-3H3,(H,26,30). The van der Waals surface area contributed by atoms with Crippen molar-refractivity contribution >= 4 is 6.09 Å². The Hall–Kier alpha value is -3.61. The number of nitrogens with one attached hydrogen (secondary N) is 1. The van der Waals surface area contributed by atoms with Gasteiger partial charge in [-0.2, -0.15) is 0 Å². The van der Waals surface area contributed by atoms with Crippen molar-refractivity contribution in [2.75, 3.05) is 6.54 Å². The fourth-order valence-electron chi connectivity index (χ4n) is 3.30. The van der Waals surface area contributed by atoms with Crippen molar-refractivity contribution in [3.63, 3.8) is 0 Å². The lowest BCUT2D eigenvalue weighted by Gasteiger charge is -2.19. The Balaban J connectivity index is 1.85. The first-order valence-corrected chi connectivity index (χ1v) is 10.6. The number of carbonyl (C=O) groups excluding carboxylic acids is 1. The van der Waals surface area contributed by atoms with Crippen LogP contribution in [0.4, 0.5) is 4.79 Å². The molecule has 0 fully saturated rings. The third-order valence-corrected chi connectivity index (χ3v) is 4.74. The van der Waals surface area contributed by atoms with Gasteiger partial charge in [-0.15, -0.1) is 0 Å². The van der Waals surface area contributed by atoms with Crippen LogP contribution in [0.3, 0.4) is 0 Å².